The molecule has 0 radical (unpaired) electrons. The molecule has 0 spiro atoms. The molecular weight excluding hydrogens is 294 g/mol. The van der Waals surface area contributed by atoms with Gasteiger partial charge in [-0.05, 0) is 31.7 Å². The highest BCUT2D eigenvalue weighted by Gasteiger charge is 2.34. The van der Waals surface area contributed by atoms with Gasteiger partial charge < -0.3 is 15.2 Å². The lowest BCUT2D eigenvalue weighted by molar-refractivity contribution is 0.0704. The van der Waals surface area contributed by atoms with Crippen molar-refractivity contribution in [3.8, 4) is 0 Å². The second kappa shape index (κ2) is 5.64. The van der Waals surface area contributed by atoms with E-state index in [1.165, 1.54) is 6.26 Å². The van der Waals surface area contributed by atoms with Gasteiger partial charge in [-0.3, -0.25) is 4.79 Å². The zero-order chi connectivity index (χ0) is 15.8. The smallest absolute Gasteiger partial charge is 0.259 e. The Labute approximate surface area is 133 Å². The Morgan fingerprint density at radius 2 is 2.17 bits per heavy atom. The fourth-order valence-corrected chi connectivity index (χ4v) is 3.25. The van der Waals surface area contributed by atoms with Crippen molar-refractivity contribution < 1.29 is 9.32 Å². The van der Waals surface area contributed by atoms with Crippen LogP contribution in [-0.4, -0.2) is 39.0 Å². The molecule has 1 saturated heterocycles. The molecule has 7 heteroatoms. The maximum absolute atomic E-state index is 12.8. The maximum Gasteiger partial charge on any atom is 0.259 e. The average molecular weight is 313 g/mol. The molecule has 2 aromatic heterocycles. The number of amides is 1. The lowest BCUT2D eigenvalue weighted by atomic mass is 9.94. The first kappa shape index (κ1) is 14.2. The molecule has 1 atom stereocenters. The molecule has 0 aromatic carbocycles. The van der Waals surface area contributed by atoms with Crippen LogP contribution in [0.3, 0.4) is 0 Å². The van der Waals surface area contributed by atoms with E-state index in [-0.39, 0.29) is 17.8 Å². The number of nitrogens with zero attached hydrogens (tertiary/aromatic N) is 4. The monoisotopic (exact) mass is 313 g/mol. The van der Waals surface area contributed by atoms with Gasteiger partial charge in [0.2, 0.25) is 5.95 Å². The van der Waals surface area contributed by atoms with Gasteiger partial charge in [-0.2, -0.15) is 0 Å². The summed E-state index contributed by atoms with van der Waals surface area (Å²) in [5, 5.41) is 4.02. The van der Waals surface area contributed by atoms with Crippen molar-refractivity contribution in [3.05, 3.63) is 35.5 Å². The third-order valence-electron chi connectivity index (χ3n) is 4.61. The fraction of sp³-hybridized carbons (Fsp3) is 0.500. The van der Waals surface area contributed by atoms with Crippen LogP contribution in [0.5, 0.6) is 0 Å². The summed E-state index contributed by atoms with van der Waals surface area (Å²) in [6.45, 7) is 1.40. The van der Waals surface area contributed by atoms with Crippen molar-refractivity contribution in [2.45, 2.75) is 37.5 Å². The molecule has 7 nitrogen and oxygen atoms in total. The zero-order valence-corrected chi connectivity index (χ0v) is 12.8. The topological polar surface area (TPSA) is 98.1 Å². The quantitative estimate of drug-likeness (QED) is 0.930. The molecule has 2 aliphatic rings. The molecule has 2 fully saturated rings. The zero-order valence-electron chi connectivity index (χ0n) is 12.8. The van der Waals surface area contributed by atoms with Crippen LogP contribution >= 0.6 is 0 Å². The Hall–Kier alpha value is -2.44. The second-order valence-corrected chi connectivity index (χ2v) is 6.32. The van der Waals surface area contributed by atoms with E-state index in [1.807, 2.05) is 11.0 Å². The first-order valence-electron chi connectivity index (χ1n) is 8.04. The lowest BCUT2D eigenvalue weighted by Gasteiger charge is -2.32. The van der Waals surface area contributed by atoms with Gasteiger partial charge in [0, 0.05) is 31.1 Å². The summed E-state index contributed by atoms with van der Waals surface area (Å²) in [6.07, 6.45) is 7.29. The fourth-order valence-electron chi connectivity index (χ4n) is 3.25. The number of carbonyl (C=O) groups excluding carboxylic acids is 1. The Kier molecular flexibility index (Phi) is 3.48. The van der Waals surface area contributed by atoms with E-state index in [0.717, 1.165) is 43.6 Å². The van der Waals surface area contributed by atoms with Crippen molar-refractivity contribution in [1.29, 1.82) is 0 Å². The highest BCUT2D eigenvalue weighted by atomic mass is 16.5. The van der Waals surface area contributed by atoms with E-state index in [1.54, 1.807) is 6.20 Å². The summed E-state index contributed by atoms with van der Waals surface area (Å²) in [6, 6.07) is 1.88. The normalized spacial score (nSPS) is 21.4. The number of nitrogens with two attached hydrogens (primary N) is 1. The number of rotatable bonds is 3. The summed E-state index contributed by atoms with van der Waals surface area (Å²) in [7, 11) is 0. The SMILES string of the molecule is Nc1nccc(C2CCCN(C(=O)c3conc3C3CC3)C2)n1. The van der Waals surface area contributed by atoms with Crippen molar-refractivity contribution in [2.24, 2.45) is 0 Å². The van der Waals surface area contributed by atoms with E-state index in [9.17, 15) is 4.79 Å². The molecule has 120 valence electrons. The van der Waals surface area contributed by atoms with E-state index >= 15 is 0 Å². The Bertz CT molecular complexity index is 725. The summed E-state index contributed by atoms with van der Waals surface area (Å²) in [5.74, 6) is 0.887. The minimum atomic E-state index is 0.0138. The number of aromatic nitrogens is 3. The van der Waals surface area contributed by atoms with Crippen LogP contribution in [0.2, 0.25) is 0 Å². The molecule has 1 saturated carbocycles. The van der Waals surface area contributed by atoms with Crippen molar-refractivity contribution in [2.75, 3.05) is 18.8 Å². The molecule has 2 N–H and O–H groups in total. The van der Waals surface area contributed by atoms with Gasteiger partial charge >= 0.3 is 0 Å². The summed E-state index contributed by atoms with van der Waals surface area (Å²) >= 11 is 0. The van der Waals surface area contributed by atoms with E-state index in [4.69, 9.17) is 10.3 Å². The highest BCUT2D eigenvalue weighted by Crippen LogP contribution is 2.41. The predicted molar refractivity (Wildman–Crippen MR) is 82.8 cm³/mol. The van der Waals surface area contributed by atoms with Gasteiger partial charge in [0.15, 0.2) is 0 Å². The van der Waals surface area contributed by atoms with Gasteiger partial charge in [-0.15, -0.1) is 0 Å². The Morgan fingerprint density at radius 3 is 2.96 bits per heavy atom. The highest BCUT2D eigenvalue weighted by molar-refractivity contribution is 5.95. The molecule has 4 rings (SSSR count). The van der Waals surface area contributed by atoms with Crippen LogP contribution in [0.4, 0.5) is 5.95 Å². The van der Waals surface area contributed by atoms with Crippen LogP contribution in [-0.2, 0) is 0 Å². The molecule has 23 heavy (non-hydrogen) atoms. The second-order valence-electron chi connectivity index (χ2n) is 6.32. The number of nitrogen functional groups attached to an aromatic ring is 1. The van der Waals surface area contributed by atoms with E-state index in [0.29, 0.717) is 18.0 Å². The van der Waals surface area contributed by atoms with Crippen LogP contribution in [0.1, 0.15) is 59.3 Å². The van der Waals surface area contributed by atoms with Crippen molar-refractivity contribution in [3.63, 3.8) is 0 Å². The maximum atomic E-state index is 12.8. The minimum Gasteiger partial charge on any atom is -0.368 e. The number of hydrogen-bond donors (Lipinski definition) is 1. The summed E-state index contributed by atoms with van der Waals surface area (Å²) in [4.78, 5) is 22.9. The largest absolute Gasteiger partial charge is 0.368 e. The molecule has 1 aliphatic heterocycles. The first-order valence-corrected chi connectivity index (χ1v) is 8.04. The molecule has 1 aliphatic carbocycles. The van der Waals surface area contributed by atoms with Crippen LogP contribution in [0, 0.1) is 0 Å². The number of carbonyl (C=O) groups is 1. The average Bonchev–Trinajstić information content (AvgIpc) is 3.31. The number of anilines is 1. The Balaban J connectivity index is 1.52. The third-order valence-corrected chi connectivity index (χ3v) is 4.61. The number of piperidine rings is 1. The number of hydrogen-bond acceptors (Lipinski definition) is 6. The van der Waals surface area contributed by atoms with Gasteiger partial charge in [0.1, 0.15) is 11.8 Å². The van der Waals surface area contributed by atoms with Crippen molar-refractivity contribution in [1.82, 2.24) is 20.0 Å². The standard InChI is InChI=1S/C16H19N5O2/c17-16-18-6-5-13(19-16)11-2-1-7-21(8-11)15(22)12-9-23-20-14(12)10-3-4-10/h5-6,9-11H,1-4,7-8H2,(H2,17,18,19). The van der Waals surface area contributed by atoms with Crippen LogP contribution < -0.4 is 5.73 Å². The molecular formula is C16H19N5O2. The molecule has 1 amide bonds. The van der Waals surface area contributed by atoms with Crippen molar-refractivity contribution >= 4 is 11.9 Å². The third kappa shape index (κ3) is 2.78. The molecule has 3 heterocycles. The molecule has 1 unspecified atom stereocenters. The minimum absolute atomic E-state index is 0.0138. The number of likely N-dealkylation sites (tertiary alicyclic amines) is 1. The predicted octanol–water partition coefficient (Wildman–Crippen LogP) is 1.94. The van der Waals surface area contributed by atoms with Gasteiger partial charge in [-0.1, -0.05) is 5.16 Å². The lowest BCUT2D eigenvalue weighted by Crippen LogP contribution is -2.39. The van der Waals surface area contributed by atoms with E-state index < -0.39 is 0 Å². The summed E-state index contributed by atoms with van der Waals surface area (Å²) < 4.78 is 5.05. The van der Waals surface area contributed by atoms with Crippen LogP contribution in [0.25, 0.3) is 0 Å². The van der Waals surface area contributed by atoms with E-state index in [2.05, 4.69) is 15.1 Å². The van der Waals surface area contributed by atoms with Gasteiger partial charge in [0.25, 0.3) is 5.91 Å². The van der Waals surface area contributed by atoms with Crippen LogP contribution in [0.15, 0.2) is 23.0 Å². The molecule has 0 bridgehead atoms. The Morgan fingerprint density at radius 1 is 1.30 bits per heavy atom. The van der Waals surface area contributed by atoms with Gasteiger partial charge in [0.05, 0.1) is 11.4 Å². The molecule has 2 aromatic rings. The van der Waals surface area contributed by atoms with Gasteiger partial charge in [-0.25, -0.2) is 9.97 Å². The summed E-state index contributed by atoms with van der Waals surface area (Å²) in [5.41, 5.74) is 8.02. The first-order chi connectivity index (χ1) is 11.2.